The van der Waals surface area contributed by atoms with Gasteiger partial charge < -0.3 is 9.72 Å². The van der Waals surface area contributed by atoms with Crippen molar-refractivity contribution in [3.63, 3.8) is 0 Å². The highest BCUT2D eigenvalue weighted by atomic mass is 32.2. The molecule has 4 aromatic rings. The summed E-state index contributed by atoms with van der Waals surface area (Å²) in [6.07, 6.45) is 2.89. The minimum Gasteiger partial charge on any atom is -0.494 e. The Kier molecular flexibility index (Phi) is 4.19. The molecule has 2 heterocycles. The highest BCUT2D eigenvalue weighted by Crippen LogP contribution is 2.28. The molecule has 0 amide bonds. The predicted octanol–water partition coefficient (Wildman–Crippen LogP) is 3.11. The minimum atomic E-state index is -2.80. The number of hydrogen-bond donors (Lipinski definition) is 2. The summed E-state index contributed by atoms with van der Waals surface area (Å²) in [4.78, 5) is 19.9. The van der Waals surface area contributed by atoms with Gasteiger partial charge in [-0.2, -0.15) is 0 Å². The van der Waals surface area contributed by atoms with E-state index in [1.54, 1.807) is 24.3 Å². The summed E-state index contributed by atoms with van der Waals surface area (Å²) in [5.74, 6) is -0.458. The Hall–Kier alpha value is -3.20. The number of ether oxygens (including phenoxy) is 1. The van der Waals surface area contributed by atoms with Crippen LogP contribution < -0.4 is 10.4 Å². The van der Waals surface area contributed by atoms with Crippen molar-refractivity contribution in [1.82, 2.24) is 14.5 Å². The Morgan fingerprint density at radius 3 is 2.64 bits per heavy atom. The molecule has 0 aliphatic carbocycles. The van der Waals surface area contributed by atoms with Crippen molar-refractivity contribution in [2.75, 3.05) is 13.4 Å². The van der Waals surface area contributed by atoms with Gasteiger partial charge in [0.15, 0.2) is 11.6 Å². The van der Waals surface area contributed by atoms with Crippen molar-refractivity contribution in [2.24, 2.45) is 0 Å². The van der Waals surface area contributed by atoms with Gasteiger partial charge in [0.25, 0.3) is 0 Å². The molecule has 2 aromatic carbocycles. The van der Waals surface area contributed by atoms with E-state index in [0.29, 0.717) is 26.8 Å². The lowest BCUT2D eigenvalue weighted by Crippen LogP contribution is -2.17. The van der Waals surface area contributed by atoms with Gasteiger partial charge in [0.05, 0.1) is 46.1 Å². The van der Waals surface area contributed by atoms with E-state index >= 15 is 0 Å². The van der Waals surface area contributed by atoms with Crippen LogP contribution >= 0.6 is 0 Å². The van der Waals surface area contributed by atoms with Crippen LogP contribution in [0.15, 0.2) is 52.3 Å². The van der Waals surface area contributed by atoms with E-state index < -0.39 is 15.5 Å². The highest BCUT2D eigenvalue weighted by molar-refractivity contribution is 7.91. The normalized spacial score (nSPS) is 13.7. The molecule has 0 aliphatic heterocycles. The fourth-order valence-corrected chi connectivity index (χ4v) is 3.85. The molecule has 28 heavy (non-hydrogen) atoms. The van der Waals surface area contributed by atoms with Crippen molar-refractivity contribution >= 4 is 31.7 Å². The van der Waals surface area contributed by atoms with Crippen LogP contribution in [0.1, 0.15) is 5.56 Å². The molecule has 9 heteroatoms. The number of imidazole rings is 1. The van der Waals surface area contributed by atoms with Crippen LogP contribution in [0.2, 0.25) is 0 Å². The minimum absolute atomic E-state index is 0.0814. The number of H-pyrrole nitrogens is 1. The fourth-order valence-electron chi connectivity index (χ4n) is 3.19. The lowest BCUT2D eigenvalue weighted by molar-refractivity contribution is 0.387. The first kappa shape index (κ1) is 18.2. The summed E-state index contributed by atoms with van der Waals surface area (Å²) in [6.45, 7) is 0.231. The second-order valence-electron chi connectivity index (χ2n) is 6.53. The van der Waals surface area contributed by atoms with Crippen molar-refractivity contribution < 1.29 is 13.3 Å². The molecular formula is C19H17FN4O3S. The summed E-state index contributed by atoms with van der Waals surface area (Å²) in [5.41, 5.74) is 1.99. The van der Waals surface area contributed by atoms with Crippen molar-refractivity contribution in [3.05, 3.63) is 64.5 Å². The first-order valence-corrected chi connectivity index (χ1v) is 10.3. The standard InChI is InChI=1S/C19H17FN4O3S/c1-27-17-8-15-13(7-14(17)20)18-16(9-22-15)23-19(25)24(18)10-11-3-5-12(6-4-11)28(2,21)26/h3-9,21H,10H2,1-2H3,(H,23,25). The third-order valence-corrected chi connectivity index (χ3v) is 5.76. The number of pyridine rings is 1. The molecule has 1 unspecified atom stereocenters. The Morgan fingerprint density at radius 1 is 1.29 bits per heavy atom. The molecule has 0 radical (unpaired) electrons. The van der Waals surface area contributed by atoms with Crippen LogP contribution in [0.3, 0.4) is 0 Å². The number of halogens is 1. The monoisotopic (exact) mass is 400 g/mol. The third-order valence-electron chi connectivity index (χ3n) is 4.58. The van der Waals surface area contributed by atoms with Gasteiger partial charge in [0.1, 0.15) is 0 Å². The van der Waals surface area contributed by atoms with Crippen LogP contribution in [-0.4, -0.2) is 32.1 Å². The first-order chi connectivity index (χ1) is 13.3. The molecule has 2 N–H and O–H groups in total. The predicted molar refractivity (Wildman–Crippen MR) is 105 cm³/mol. The average molecular weight is 400 g/mol. The zero-order chi connectivity index (χ0) is 20.1. The number of benzene rings is 2. The van der Waals surface area contributed by atoms with E-state index in [-0.39, 0.29) is 18.0 Å². The number of aromatic amines is 1. The van der Waals surface area contributed by atoms with Crippen molar-refractivity contribution in [1.29, 1.82) is 4.78 Å². The van der Waals surface area contributed by atoms with E-state index in [4.69, 9.17) is 9.52 Å². The molecule has 144 valence electrons. The second kappa shape index (κ2) is 6.45. The number of nitrogens with one attached hydrogen (secondary N) is 2. The van der Waals surface area contributed by atoms with Gasteiger partial charge in [-0.15, -0.1) is 0 Å². The van der Waals surface area contributed by atoms with Crippen LogP contribution in [0.5, 0.6) is 5.75 Å². The first-order valence-electron chi connectivity index (χ1n) is 8.35. The smallest absolute Gasteiger partial charge is 0.326 e. The van der Waals surface area contributed by atoms with Gasteiger partial charge in [-0.25, -0.2) is 18.2 Å². The Labute approximate surface area is 159 Å². The van der Waals surface area contributed by atoms with Crippen LogP contribution in [0.4, 0.5) is 4.39 Å². The number of nitrogens with zero attached hydrogens (tertiary/aromatic N) is 2. The number of rotatable bonds is 4. The Morgan fingerprint density at radius 2 is 2.00 bits per heavy atom. The lowest BCUT2D eigenvalue weighted by Gasteiger charge is -2.09. The third kappa shape index (κ3) is 3.03. The van der Waals surface area contributed by atoms with E-state index in [1.807, 2.05) is 0 Å². The summed E-state index contributed by atoms with van der Waals surface area (Å²) in [7, 11) is -1.42. The largest absolute Gasteiger partial charge is 0.494 e. The highest BCUT2D eigenvalue weighted by Gasteiger charge is 2.15. The Bertz CT molecular complexity index is 1370. The van der Waals surface area contributed by atoms with Crippen LogP contribution in [0, 0.1) is 10.6 Å². The van der Waals surface area contributed by atoms with Gasteiger partial charge in [-0.05, 0) is 23.8 Å². The fraction of sp³-hybridized carbons (Fsp3) is 0.158. The topological polar surface area (TPSA) is 101 Å². The molecule has 2 aromatic heterocycles. The summed E-state index contributed by atoms with van der Waals surface area (Å²) in [5, 5.41) is 0.494. The molecule has 4 rings (SSSR count). The Balaban J connectivity index is 1.88. The molecule has 1 atom stereocenters. The maximum atomic E-state index is 14.3. The molecular weight excluding hydrogens is 383 g/mol. The second-order valence-corrected chi connectivity index (χ2v) is 8.69. The van der Waals surface area contributed by atoms with Gasteiger partial charge in [0.2, 0.25) is 0 Å². The van der Waals surface area contributed by atoms with Gasteiger partial charge >= 0.3 is 5.69 Å². The summed E-state index contributed by atoms with van der Waals surface area (Å²) in [6, 6.07) is 9.50. The summed E-state index contributed by atoms with van der Waals surface area (Å²) < 4.78 is 40.3. The van der Waals surface area contributed by atoms with E-state index in [0.717, 1.165) is 5.56 Å². The van der Waals surface area contributed by atoms with Crippen molar-refractivity contribution in [2.45, 2.75) is 11.4 Å². The van der Waals surface area contributed by atoms with Gasteiger partial charge in [-0.1, -0.05) is 12.1 Å². The quantitative estimate of drug-likeness (QED) is 0.550. The number of aromatic nitrogens is 3. The maximum Gasteiger partial charge on any atom is 0.326 e. The van der Waals surface area contributed by atoms with Gasteiger partial charge in [-0.3, -0.25) is 9.55 Å². The molecule has 0 saturated heterocycles. The molecule has 0 spiro atoms. The van der Waals surface area contributed by atoms with E-state index in [1.165, 1.54) is 36.3 Å². The summed E-state index contributed by atoms with van der Waals surface area (Å²) >= 11 is 0. The lowest BCUT2D eigenvalue weighted by atomic mass is 10.1. The zero-order valence-electron chi connectivity index (χ0n) is 15.2. The van der Waals surface area contributed by atoms with E-state index in [2.05, 4.69) is 9.97 Å². The molecule has 0 saturated carbocycles. The molecule has 0 fully saturated rings. The molecule has 7 nitrogen and oxygen atoms in total. The van der Waals surface area contributed by atoms with Gasteiger partial charge in [0, 0.05) is 22.6 Å². The number of methoxy groups -OCH3 is 1. The SMILES string of the molecule is COc1cc2ncc3[nH]c(=O)n(Cc4ccc(S(C)(=N)=O)cc4)c3c2cc1F. The molecule has 0 bridgehead atoms. The molecule has 0 aliphatic rings. The number of fused-ring (bicyclic) bond motifs is 3. The maximum absolute atomic E-state index is 14.3. The van der Waals surface area contributed by atoms with Crippen molar-refractivity contribution in [3.8, 4) is 5.75 Å². The average Bonchev–Trinajstić information content (AvgIpc) is 2.97. The zero-order valence-corrected chi connectivity index (χ0v) is 16.0. The van der Waals surface area contributed by atoms with E-state index in [9.17, 15) is 13.4 Å². The van der Waals surface area contributed by atoms with Crippen LogP contribution in [0.25, 0.3) is 21.9 Å². The number of hydrogen-bond acceptors (Lipinski definition) is 5. The van der Waals surface area contributed by atoms with Crippen LogP contribution in [-0.2, 0) is 16.3 Å².